The number of halogens is 1. The molecular formula is C32H39FN6O3. The quantitative estimate of drug-likeness (QED) is 0.452. The van der Waals surface area contributed by atoms with Crippen LogP contribution >= 0.6 is 0 Å². The number of carboxylic acids is 1. The van der Waals surface area contributed by atoms with Gasteiger partial charge in [0, 0.05) is 38.1 Å². The zero-order valence-corrected chi connectivity index (χ0v) is 25.5. The van der Waals surface area contributed by atoms with Gasteiger partial charge in [-0.15, -0.1) is 0 Å². The molecule has 1 N–H and O–H groups in total. The van der Waals surface area contributed by atoms with E-state index in [0.29, 0.717) is 36.6 Å². The van der Waals surface area contributed by atoms with Gasteiger partial charge in [-0.05, 0) is 69.9 Å². The Morgan fingerprint density at radius 1 is 0.952 bits per heavy atom. The normalized spacial score (nSPS) is 17.4. The molecule has 0 saturated carbocycles. The third kappa shape index (κ3) is 5.30. The number of rotatable bonds is 6. The molecule has 2 aliphatic rings. The Kier molecular flexibility index (Phi) is 7.45. The van der Waals surface area contributed by atoms with Crippen LogP contribution in [0.5, 0.6) is 0 Å². The topological polar surface area (TPSA) is 103 Å². The van der Waals surface area contributed by atoms with Crippen LogP contribution in [-0.4, -0.2) is 75.1 Å². The van der Waals surface area contributed by atoms with Crippen molar-refractivity contribution in [2.45, 2.75) is 65.8 Å². The van der Waals surface area contributed by atoms with Gasteiger partial charge in [-0.2, -0.15) is 0 Å². The zero-order valence-electron chi connectivity index (χ0n) is 25.5. The summed E-state index contributed by atoms with van der Waals surface area (Å²) in [7, 11) is 0. The molecule has 1 fully saturated rings. The highest BCUT2D eigenvalue weighted by atomic mass is 19.1. The van der Waals surface area contributed by atoms with Crippen molar-refractivity contribution in [1.82, 2.24) is 19.9 Å². The van der Waals surface area contributed by atoms with Gasteiger partial charge in [0.05, 0.1) is 28.7 Å². The second-order valence-electron chi connectivity index (χ2n) is 12.8. The number of carbonyl (C=O) groups excluding carboxylic acids is 1. The average Bonchev–Trinajstić information content (AvgIpc) is 3.18. The number of benzene rings is 1. The maximum absolute atomic E-state index is 13.9. The minimum absolute atomic E-state index is 0.159. The Balaban J connectivity index is 1.34. The van der Waals surface area contributed by atoms with Crippen LogP contribution in [0.4, 0.5) is 16.0 Å². The molecule has 3 aromatic rings. The van der Waals surface area contributed by atoms with Gasteiger partial charge < -0.3 is 19.8 Å². The summed E-state index contributed by atoms with van der Waals surface area (Å²) >= 11 is 0. The van der Waals surface area contributed by atoms with Crippen molar-refractivity contribution >= 4 is 23.5 Å². The number of anilines is 2. The highest BCUT2D eigenvalue weighted by Gasteiger charge is 2.41. The molecule has 2 aliphatic heterocycles. The summed E-state index contributed by atoms with van der Waals surface area (Å²) < 4.78 is 13.3. The summed E-state index contributed by atoms with van der Waals surface area (Å²) in [5.41, 5.74) is 3.66. The van der Waals surface area contributed by atoms with Gasteiger partial charge in [0.2, 0.25) is 0 Å². The van der Waals surface area contributed by atoms with Crippen LogP contribution in [-0.2, 0) is 11.8 Å². The fourth-order valence-corrected chi connectivity index (χ4v) is 6.30. The predicted molar refractivity (Wildman–Crippen MR) is 160 cm³/mol. The molecule has 1 amide bonds. The third-order valence-corrected chi connectivity index (χ3v) is 8.65. The minimum Gasteiger partial charge on any atom is -0.478 e. The van der Waals surface area contributed by atoms with Crippen molar-refractivity contribution in [3.8, 4) is 0 Å². The molecule has 10 heteroatoms. The van der Waals surface area contributed by atoms with Crippen molar-refractivity contribution in [2.24, 2.45) is 0 Å². The smallest absolute Gasteiger partial charge is 0.337 e. The average molecular weight is 575 g/mol. The third-order valence-electron chi connectivity index (χ3n) is 8.65. The first-order chi connectivity index (χ1) is 19.7. The number of pyridine rings is 1. The first-order valence-corrected chi connectivity index (χ1v) is 14.3. The van der Waals surface area contributed by atoms with E-state index in [1.165, 1.54) is 12.1 Å². The number of aryl methyl sites for hydroxylation is 1. The summed E-state index contributed by atoms with van der Waals surface area (Å²) in [5, 5.41) is 9.62. The van der Waals surface area contributed by atoms with Crippen LogP contribution in [0.25, 0.3) is 0 Å². The molecular weight excluding hydrogens is 535 g/mol. The van der Waals surface area contributed by atoms with Crippen molar-refractivity contribution in [3.63, 3.8) is 0 Å². The van der Waals surface area contributed by atoms with Crippen LogP contribution in [0.3, 0.4) is 0 Å². The number of hydrogen-bond acceptors (Lipinski definition) is 7. The first-order valence-electron chi connectivity index (χ1n) is 14.3. The van der Waals surface area contributed by atoms with E-state index < -0.39 is 11.5 Å². The summed E-state index contributed by atoms with van der Waals surface area (Å²) in [6.07, 6.45) is 2.34. The number of hydrogen-bond donors (Lipinski definition) is 1. The number of carbonyl (C=O) groups is 2. The minimum atomic E-state index is -0.975. The molecule has 1 saturated heterocycles. The maximum atomic E-state index is 13.9. The predicted octanol–water partition coefficient (Wildman–Crippen LogP) is 4.72. The lowest BCUT2D eigenvalue weighted by molar-refractivity contribution is 0.0505. The van der Waals surface area contributed by atoms with E-state index in [1.807, 2.05) is 32.6 Å². The molecule has 2 aromatic heterocycles. The summed E-state index contributed by atoms with van der Waals surface area (Å²) in [4.78, 5) is 46.1. The van der Waals surface area contributed by atoms with Gasteiger partial charge in [-0.25, -0.2) is 24.1 Å². The Hall–Kier alpha value is -4.08. The Labute approximate surface area is 246 Å². The second-order valence-corrected chi connectivity index (χ2v) is 12.8. The van der Waals surface area contributed by atoms with Crippen molar-refractivity contribution in [3.05, 3.63) is 75.6 Å². The molecule has 4 heterocycles. The molecule has 1 aromatic carbocycles. The number of piperazine rings is 1. The van der Waals surface area contributed by atoms with Crippen LogP contribution < -0.4 is 9.80 Å². The number of carboxylic acid groups (broad SMARTS) is 1. The maximum Gasteiger partial charge on any atom is 0.337 e. The second kappa shape index (κ2) is 10.6. The van der Waals surface area contributed by atoms with Crippen LogP contribution in [0.2, 0.25) is 0 Å². The molecule has 222 valence electrons. The summed E-state index contributed by atoms with van der Waals surface area (Å²) in [5.74, 6) is 0.173. The molecule has 5 rings (SSSR count). The Morgan fingerprint density at radius 2 is 1.64 bits per heavy atom. The van der Waals surface area contributed by atoms with E-state index in [9.17, 15) is 19.1 Å². The number of nitrogens with zero attached hydrogens (tertiary/aromatic N) is 6. The standard InChI is InChI=1S/C32H39FN6O3/c1-19-20(2)27(35-21(3)25(19)30(41)42)38-14-15-39(32(6,7)18-38)29(40)24-16-34-28-26(36-24)31(4,5)17-37(28)13-12-22-8-10-23(33)11-9-22/h8-11,16H,12-15,17-18H2,1-7H3,(H,41,42). The monoisotopic (exact) mass is 574 g/mol. The van der Waals surface area contributed by atoms with E-state index in [2.05, 4.69) is 28.6 Å². The molecule has 0 unspecified atom stereocenters. The van der Waals surface area contributed by atoms with E-state index in [4.69, 9.17) is 9.97 Å². The number of aromatic nitrogens is 3. The van der Waals surface area contributed by atoms with Crippen molar-refractivity contribution in [1.29, 1.82) is 0 Å². The lowest BCUT2D eigenvalue weighted by Crippen LogP contribution is -2.61. The molecule has 0 atom stereocenters. The van der Waals surface area contributed by atoms with Gasteiger partial charge in [0.15, 0.2) is 5.82 Å². The summed E-state index contributed by atoms with van der Waals surface area (Å²) in [6.45, 7) is 16.8. The van der Waals surface area contributed by atoms with E-state index in [0.717, 1.165) is 48.0 Å². The van der Waals surface area contributed by atoms with Crippen molar-refractivity contribution < 1.29 is 19.1 Å². The van der Waals surface area contributed by atoms with E-state index >= 15 is 0 Å². The molecule has 0 aliphatic carbocycles. The molecule has 0 spiro atoms. The Bertz CT molecular complexity index is 1550. The van der Waals surface area contributed by atoms with Crippen molar-refractivity contribution in [2.75, 3.05) is 42.5 Å². The highest BCUT2D eigenvalue weighted by molar-refractivity contribution is 5.93. The van der Waals surface area contributed by atoms with E-state index in [-0.39, 0.29) is 22.7 Å². The van der Waals surface area contributed by atoms with E-state index in [1.54, 1.807) is 25.3 Å². The first kappa shape index (κ1) is 29.4. The largest absolute Gasteiger partial charge is 0.478 e. The molecule has 0 radical (unpaired) electrons. The van der Waals surface area contributed by atoms with Gasteiger partial charge >= 0.3 is 5.97 Å². The van der Waals surface area contributed by atoms with Gasteiger partial charge in [-0.1, -0.05) is 26.0 Å². The lowest BCUT2D eigenvalue weighted by atomic mass is 9.92. The van der Waals surface area contributed by atoms with Crippen LogP contribution in [0.1, 0.15) is 76.6 Å². The van der Waals surface area contributed by atoms with Crippen LogP contribution in [0, 0.1) is 26.6 Å². The SMILES string of the molecule is Cc1nc(N2CCN(C(=O)c3cnc4c(n3)C(C)(C)CN4CCc3ccc(F)cc3)C(C)(C)C2)c(C)c(C)c1C(=O)O. The molecule has 9 nitrogen and oxygen atoms in total. The number of fused-ring (bicyclic) bond motifs is 1. The van der Waals surface area contributed by atoms with Gasteiger partial charge in [0.1, 0.15) is 17.3 Å². The van der Waals surface area contributed by atoms with Crippen LogP contribution in [0.15, 0.2) is 30.5 Å². The molecule has 0 bridgehead atoms. The lowest BCUT2D eigenvalue weighted by Gasteiger charge is -2.47. The highest BCUT2D eigenvalue weighted by Crippen LogP contribution is 2.38. The Morgan fingerprint density at radius 3 is 2.29 bits per heavy atom. The number of amides is 1. The zero-order chi connectivity index (χ0) is 30.6. The fourth-order valence-electron chi connectivity index (χ4n) is 6.30. The van der Waals surface area contributed by atoms with Gasteiger partial charge in [0.25, 0.3) is 5.91 Å². The summed E-state index contributed by atoms with van der Waals surface area (Å²) in [6, 6.07) is 6.56. The number of aromatic carboxylic acids is 1. The molecule has 42 heavy (non-hydrogen) atoms. The fraction of sp³-hybridized carbons (Fsp3) is 0.469. The van der Waals surface area contributed by atoms with Gasteiger partial charge in [-0.3, -0.25) is 4.79 Å².